The molecule has 1 aromatic rings. The molecule has 4 nitrogen and oxygen atoms in total. The Bertz CT molecular complexity index is 366. The van der Waals surface area contributed by atoms with Gasteiger partial charge in [0.25, 0.3) is 0 Å². The number of benzene rings is 1. The Labute approximate surface area is 115 Å². The summed E-state index contributed by atoms with van der Waals surface area (Å²) in [4.78, 5) is 0. The summed E-state index contributed by atoms with van der Waals surface area (Å²) in [6, 6.07) is 5.40. The number of hydrogen-bond acceptors (Lipinski definition) is 4. The van der Waals surface area contributed by atoms with Crippen LogP contribution in [0.1, 0.15) is 43.7 Å². The molecule has 0 aromatic heterocycles. The van der Waals surface area contributed by atoms with Gasteiger partial charge in [0.05, 0.1) is 0 Å². The molecule has 0 aliphatic heterocycles. The fraction of sp³-hybridized carbons (Fsp3) is 0.600. The van der Waals surface area contributed by atoms with E-state index in [1.807, 2.05) is 6.07 Å². The molecule has 0 bridgehead atoms. The molecule has 0 radical (unpaired) electrons. The second kappa shape index (κ2) is 8.91. The third-order valence-electron chi connectivity index (χ3n) is 3.13. The SMILES string of the molecule is CCCCCCc1ccc(O)cc1CNCC(O)O. The van der Waals surface area contributed by atoms with E-state index in [1.54, 1.807) is 12.1 Å². The molecule has 0 fully saturated rings. The van der Waals surface area contributed by atoms with Crippen LogP contribution in [0.25, 0.3) is 0 Å². The molecule has 0 heterocycles. The molecule has 0 saturated carbocycles. The average Bonchev–Trinajstić information content (AvgIpc) is 2.36. The van der Waals surface area contributed by atoms with Crippen molar-refractivity contribution in [2.75, 3.05) is 6.54 Å². The van der Waals surface area contributed by atoms with Crippen molar-refractivity contribution in [3.8, 4) is 5.75 Å². The number of aliphatic hydroxyl groups excluding tert-OH is 1. The first-order valence-electron chi connectivity index (χ1n) is 7.01. The maximum absolute atomic E-state index is 9.53. The molecule has 19 heavy (non-hydrogen) atoms. The highest BCUT2D eigenvalue weighted by molar-refractivity contribution is 5.35. The highest BCUT2D eigenvalue weighted by Crippen LogP contribution is 2.19. The van der Waals surface area contributed by atoms with E-state index in [0.717, 1.165) is 18.4 Å². The van der Waals surface area contributed by atoms with E-state index in [1.165, 1.54) is 24.8 Å². The predicted octanol–water partition coefficient (Wildman–Crippen LogP) is 1.92. The van der Waals surface area contributed by atoms with Crippen LogP contribution >= 0.6 is 0 Å². The summed E-state index contributed by atoms with van der Waals surface area (Å²) in [5.74, 6) is 0.249. The summed E-state index contributed by atoms with van der Waals surface area (Å²) in [7, 11) is 0. The number of aryl methyl sites for hydroxylation is 1. The van der Waals surface area contributed by atoms with Gasteiger partial charge in [0, 0.05) is 13.1 Å². The molecule has 0 saturated heterocycles. The van der Waals surface area contributed by atoms with E-state index in [2.05, 4.69) is 12.2 Å². The second-order valence-electron chi connectivity index (χ2n) is 4.88. The Morgan fingerprint density at radius 2 is 1.89 bits per heavy atom. The van der Waals surface area contributed by atoms with E-state index >= 15 is 0 Å². The van der Waals surface area contributed by atoms with Gasteiger partial charge in [-0.05, 0) is 36.1 Å². The molecule has 4 N–H and O–H groups in total. The minimum Gasteiger partial charge on any atom is -0.508 e. The minimum absolute atomic E-state index is 0.130. The van der Waals surface area contributed by atoms with Gasteiger partial charge in [-0.15, -0.1) is 0 Å². The predicted molar refractivity (Wildman–Crippen MR) is 75.9 cm³/mol. The molecular weight excluding hydrogens is 242 g/mol. The van der Waals surface area contributed by atoms with Crippen molar-refractivity contribution in [2.24, 2.45) is 0 Å². The molecule has 1 rings (SSSR count). The molecule has 0 atom stereocenters. The van der Waals surface area contributed by atoms with E-state index in [0.29, 0.717) is 6.54 Å². The van der Waals surface area contributed by atoms with Gasteiger partial charge in [0.1, 0.15) is 5.75 Å². The number of rotatable bonds is 9. The summed E-state index contributed by atoms with van der Waals surface area (Å²) < 4.78 is 0. The molecule has 0 unspecified atom stereocenters. The number of hydrogen-bond donors (Lipinski definition) is 4. The number of phenols is 1. The first kappa shape index (κ1) is 16.0. The van der Waals surface area contributed by atoms with E-state index < -0.39 is 6.29 Å². The van der Waals surface area contributed by atoms with Gasteiger partial charge < -0.3 is 20.6 Å². The quantitative estimate of drug-likeness (QED) is 0.407. The molecule has 0 aliphatic rings. The van der Waals surface area contributed by atoms with Crippen LogP contribution < -0.4 is 5.32 Å². The van der Waals surface area contributed by atoms with Crippen molar-refractivity contribution in [3.63, 3.8) is 0 Å². The molecule has 108 valence electrons. The third kappa shape index (κ3) is 6.57. The van der Waals surface area contributed by atoms with Crippen LogP contribution in [-0.2, 0) is 13.0 Å². The van der Waals surface area contributed by atoms with Gasteiger partial charge in [-0.25, -0.2) is 0 Å². The number of phenolic OH excluding ortho intramolecular Hbond substituents is 1. The van der Waals surface area contributed by atoms with E-state index in [4.69, 9.17) is 10.2 Å². The summed E-state index contributed by atoms with van der Waals surface area (Å²) in [5, 5.41) is 30.1. The molecule has 0 aliphatic carbocycles. The molecule has 1 aromatic carbocycles. The zero-order valence-corrected chi connectivity index (χ0v) is 11.6. The van der Waals surface area contributed by atoms with Crippen LogP contribution in [0.3, 0.4) is 0 Å². The van der Waals surface area contributed by atoms with Crippen LogP contribution in [0.15, 0.2) is 18.2 Å². The first-order chi connectivity index (χ1) is 9.13. The molecular formula is C15H25NO3. The number of aromatic hydroxyl groups is 1. The number of nitrogens with one attached hydrogen (secondary N) is 1. The Balaban J connectivity index is 2.53. The zero-order valence-electron chi connectivity index (χ0n) is 11.6. The minimum atomic E-state index is -1.34. The van der Waals surface area contributed by atoms with Crippen LogP contribution in [0.5, 0.6) is 5.75 Å². The highest BCUT2D eigenvalue weighted by Gasteiger charge is 2.05. The fourth-order valence-electron chi connectivity index (χ4n) is 2.10. The van der Waals surface area contributed by atoms with E-state index in [9.17, 15) is 5.11 Å². The summed E-state index contributed by atoms with van der Waals surface area (Å²) in [6.45, 7) is 2.86. The normalized spacial score (nSPS) is 11.2. The lowest BCUT2D eigenvalue weighted by Crippen LogP contribution is -2.26. The largest absolute Gasteiger partial charge is 0.508 e. The van der Waals surface area contributed by atoms with Crippen molar-refractivity contribution in [3.05, 3.63) is 29.3 Å². The average molecular weight is 267 g/mol. The maximum Gasteiger partial charge on any atom is 0.164 e. The zero-order chi connectivity index (χ0) is 14.1. The summed E-state index contributed by atoms with van der Waals surface area (Å²) in [5.41, 5.74) is 2.24. The topological polar surface area (TPSA) is 72.7 Å². The maximum atomic E-state index is 9.53. The Kier molecular flexibility index (Phi) is 7.48. The number of unbranched alkanes of at least 4 members (excludes halogenated alkanes) is 3. The third-order valence-corrected chi connectivity index (χ3v) is 3.13. The van der Waals surface area contributed by atoms with Gasteiger partial charge in [-0.3, -0.25) is 0 Å². The van der Waals surface area contributed by atoms with Crippen molar-refractivity contribution >= 4 is 0 Å². The van der Waals surface area contributed by atoms with Gasteiger partial charge in [-0.1, -0.05) is 32.3 Å². The van der Waals surface area contributed by atoms with Gasteiger partial charge in [0.2, 0.25) is 0 Å². The molecule has 0 spiro atoms. The standard InChI is InChI=1S/C15H25NO3/c1-2-3-4-5-6-12-7-8-14(17)9-13(12)10-16-11-15(18)19/h7-9,15-19H,2-6,10-11H2,1H3. The lowest BCUT2D eigenvalue weighted by molar-refractivity contribution is -0.0373. The van der Waals surface area contributed by atoms with Crippen LogP contribution in [0, 0.1) is 0 Å². The summed E-state index contributed by atoms with van der Waals surface area (Å²) in [6.07, 6.45) is 4.50. The van der Waals surface area contributed by atoms with Crippen molar-refractivity contribution in [2.45, 2.75) is 51.9 Å². The molecule has 0 amide bonds. The van der Waals surface area contributed by atoms with Gasteiger partial charge in [0.15, 0.2) is 6.29 Å². The Morgan fingerprint density at radius 3 is 2.58 bits per heavy atom. The highest BCUT2D eigenvalue weighted by atomic mass is 16.5. The van der Waals surface area contributed by atoms with Crippen LogP contribution in [-0.4, -0.2) is 28.2 Å². The second-order valence-corrected chi connectivity index (χ2v) is 4.88. The number of aliphatic hydroxyl groups is 2. The van der Waals surface area contributed by atoms with Crippen LogP contribution in [0.2, 0.25) is 0 Å². The van der Waals surface area contributed by atoms with Gasteiger partial charge in [-0.2, -0.15) is 0 Å². The van der Waals surface area contributed by atoms with Gasteiger partial charge >= 0.3 is 0 Å². The Hall–Kier alpha value is -1.10. The monoisotopic (exact) mass is 267 g/mol. The molecule has 4 heteroatoms. The van der Waals surface area contributed by atoms with Crippen molar-refractivity contribution in [1.82, 2.24) is 5.32 Å². The lowest BCUT2D eigenvalue weighted by Gasteiger charge is -2.12. The first-order valence-corrected chi connectivity index (χ1v) is 7.01. The fourth-order valence-corrected chi connectivity index (χ4v) is 2.10. The van der Waals surface area contributed by atoms with E-state index in [-0.39, 0.29) is 12.3 Å². The smallest absolute Gasteiger partial charge is 0.164 e. The lowest BCUT2D eigenvalue weighted by atomic mass is 10.0. The van der Waals surface area contributed by atoms with Crippen LogP contribution in [0.4, 0.5) is 0 Å². The summed E-state index contributed by atoms with van der Waals surface area (Å²) >= 11 is 0. The van der Waals surface area contributed by atoms with Crippen molar-refractivity contribution in [1.29, 1.82) is 0 Å². The van der Waals surface area contributed by atoms with Crippen molar-refractivity contribution < 1.29 is 15.3 Å². The Morgan fingerprint density at radius 1 is 1.11 bits per heavy atom.